The van der Waals surface area contributed by atoms with E-state index in [2.05, 4.69) is 40.5 Å². The minimum absolute atomic E-state index is 0.0306. The van der Waals surface area contributed by atoms with Crippen molar-refractivity contribution in [2.24, 2.45) is 5.41 Å². The Morgan fingerprint density at radius 1 is 1.10 bits per heavy atom. The lowest BCUT2D eigenvalue weighted by Gasteiger charge is -2.29. The Morgan fingerprint density at radius 3 is 2.57 bits per heavy atom. The van der Waals surface area contributed by atoms with E-state index < -0.39 is 5.41 Å². The first kappa shape index (κ1) is 13.4. The van der Waals surface area contributed by atoms with Gasteiger partial charge in [-0.15, -0.1) is 0 Å². The van der Waals surface area contributed by atoms with Crippen molar-refractivity contribution in [3.63, 3.8) is 0 Å². The van der Waals surface area contributed by atoms with Crippen LogP contribution in [0.2, 0.25) is 0 Å². The summed E-state index contributed by atoms with van der Waals surface area (Å²) >= 11 is 0. The number of rotatable bonds is 3. The highest BCUT2D eigenvalue weighted by Crippen LogP contribution is 2.41. The minimum Gasteiger partial charge on any atom is -0.278 e. The standard InChI is InChI=1S/C18H17N3/c1-18(2,12-19)17(13-6-4-3-5-7-13)14-8-9-16-15(10-14)11-20-21-16/h3-11,17H,1-2H3,(H,20,21). The van der Waals surface area contributed by atoms with Crippen molar-refractivity contribution in [2.75, 3.05) is 0 Å². The van der Waals surface area contributed by atoms with E-state index in [1.807, 2.05) is 44.3 Å². The zero-order valence-electron chi connectivity index (χ0n) is 12.2. The molecule has 0 aliphatic carbocycles. The molecule has 0 fully saturated rings. The van der Waals surface area contributed by atoms with E-state index in [1.54, 1.807) is 0 Å². The maximum atomic E-state index is 9.59. The second kappa shape index (κ2) is 5.06. The molecule has 0 aliphatic rings. The molecule has 0 spiro atoms. The predicted octanol–water partition coefficient (Wildman–Crippen LogP) is 4.24. The molecular weight excluding hydrogens is 258 g/mol. The second-order valence-electron chi connectivity index (χ2n) is 5.89. The predicted molar refractivity (Wildman–Crippen MR) is 83.8 cm³/mol. The van der Waals surface area contributed by atoms with Gasteiger partial charge in [-0.1, -0.05) is 36.4 Å². The molecule has 0 aliphatic heterocycles. The van der Waals surface area contributed by atoms with Crippen LogP contribution in [0.15, 0.2) is 54.7 Å². The lowest BCUT2D eigenvalue weighted by atomic mass is 9.72. The van der Waals surface area contributed by atoms with Gasteiger partial charge in [0.15, 0.2) is 0 Å². The van der Waals surface area contributed by atoms with Gasteiger partial charge in [0.2, 0.25) is 0 Å². The van der Waals surface area contributed by atoms with Crippen LogP contribution in [0.5, 0.6) is 0 Å². The van der Waals surface area contributed by atoms with E-state index in [0.29, 0.717) is 0 Å². The number of nitriles is 1. The summed E-state index contributed by atoms with van der Waals surface area (Å²) in [5.41, 5.74) is 2.83. The lowest BCUT2D eigenvalue weighted by molar-refractivity contribution is 0.431. The average molecular weight is 275 g/mol. The van der Waals surface area contributed by atoms with Gasteiger partial charge in [-0.3, -0.25) is 5.10 Å². The number of nitrogens with zero attached hydrogens (tertiary/aromatic N) is 2. The van der Waals surface area contributed by atoms with Crippen molar-refractivity contribution < 1.29 is 0 Å². The molecule has 0 saturated carbocycles. The van der Waals surface area contributed by atoms with Gasteiger partial charge in [0, 0.05) is 11.3 Å². The van der Waals surface area contributed by atoms with E-state index in [1.165, 1.54) is 0 Å². The molecule has 1 heterocycles. The fourth-order valence-electron chi connectivity index (χ4n) is 2.88. The summed E-state index contributed by atoms with van der Waals surface area (Å²) in [6.07, 6.45) is 1.82. The van der Waals surface area contributed by atoms with Crippen LogP contribution in [-0.4, -0.2) is 10.2 Å². The molecule has 2 aromatic carbocycles. The molecular formula is C18H17N3. The molecule has 0 saturated heterocycles. The smallest absolute Gasteiger partial charge is 0.0693 e. The number of benzene rings is 2. The third-order valence-corrected chi connectivity index (χ3v) is 3.94. The highest BCUT2D eigenvalue weighted by atomic mass is 15.1. The number of H-pyrrole nitrogens is 1. The molecule has 0 amide bonds. The van der Waals surface area contributed by atoms with Crippen LogP contribution >= 0.6 is 0 Å². The topological polar surface area (TPSA) is 52.5 Å². The Kier molecular flexibility index (Phi) is 3.23. The number of aromatic nitrogens is 2. The Bertz CT molecular complexity index is 794. The summed E-state index contributed by atoms with van der Waals surface area (Å²) in [7, 11) is 0. The number of hydrogen-bond acceptors (Lipinski definition) is 2. The number of aromatic amines is 1. The molecule has 3 nitrogen and oxygen atoms in total. The molecule has 0 bridgehead atoms. The largest absolute Gasteiger partial charge is 0.278 e. The van der Waals surface area contributed by atoms with E-state index in [0.717, 1.165) is 22.0 Å². The molecule has 1 aromatic heterocycles. The molecule has 1 N–H and O–H groups in total. The van der Waals surface area contributed by atoms with E-state index in [9.17, 15) is 5.26 Å². The van der Waals surface area contributed by atoms with Crippen molar-refractivity contribution in [1.82, 2.24) is 10.2 Å². The summed E-state index contributed by atoms with van der Waals surface area (Å²) in [6.45, 7) is 3.98. The molecule has 1 unspecified atom stereocenters. The summed E-state index contributed by atoms with van der Waals surface area (Å²) in [5.74, 6) is 0.0306. The molecule has 104 valence electrons. The van der Waals surface area contributed by atoms with Gasteiger partial charge in [-0.2, -0.15) is 10.4 Å². The average Bonchev–Trinajstić information content (AvgIpc) is 2.96. The van der Waals surface area contributed by atoms with E-state index >= 15 is 0 Å². The van der Waals surface area contributed by atoms with Gasteiger partial charge in [0.25, 0.3) is 0 Å². The minimum atomic E-state index is -0.487. The fraction of sp³-hybridized carbons (Fsp3) is 0.222. The van der Waals surface area contributed by atoms with Crippen LogP contribution in [0.25, 0.3) is 10.9 Å². The maximum Gasteiger partial charge on any atom is 0.0693 e. The van der Waals surface area contributed by atoms with Crippen LogP contribution in [0.4, 0.5) is 0 Å². The summed E-state index contributed by atoms with van der Waals surface area (Å²) in [6, 6.07) is 18.9. The van der Waals surface area contributed by atoms with Gasteiger partial charge in [-0.05, 0) is 37.1 Å². The molecule has 3 heteroatoms. The van der Waals surface area contributed by atoms with Crippen LogP contribution in [0.3, 0.4) is 0 Å². The van der Waals surface area contributed by atoms with Crippen molar-refractivity contribution >= 4 is 10.9 Å². The van der Waals surface area contributed by atoms with Crippen molar-refractivity contribution in [1.29, 1.82) is 5.26 Å². The quantitative estimate of drug-likeness (QED) is 0.777. The van der Waals surface area contributed by atoms with Gasteiger partial charge in [0.05, 0.1) is 23.2 Å². The van der Waals surface area contributed by atoms with Gasteiger partial charge >= 0.3 is 0 Å². The Morgan fingerprint density at radius 2 is 1.86 bits per heavy atom. The maximum absolute atomic E-state index is 9.59. The first-order valence-corrected chi connectivity index (χ1v) is 7.01. The number of nitrogens with one attached hydrogen (secondary N) is 1. The molecule has 0 radical (unpaired) electrons. The van der Waals surface area contributed by atoms with Gasteiger partial charge < -0.3 is 0 Å². The van der Waals surface area contributed by atoms with E-state index in [-0.39, 0.29) is 5.92 Å². The van der Waals surface area contributed by atoms with Crippen molar-refractivity contribution in [3.8, 4) is 6.07 Å². The molecule has 3 rings (SSSR count). The molecule has 21 heavy (non-hydrogen) atoms. The summed E-state index contributed by atoms with van der Waals surface area (Å²) in [4.78, 5) is 0. The van der Waals surface area contributed by atoms with Gasteiger partial charge in [-0.25, -0.2) is 0 Å². The Hall–Kier alpha value is -2.60. The second-order valence-corrected chi connectivity index (χ2v) is 5.89. The van der Waals surface area contributed by atoms with E-state index in [4.69, 9.17) is 0 Å². The normalized spacial score (nSPS) is 13.0. The third-order valence-electron chi connectivity index (χ3n) is 3.94. The number of fused-ring (bicyclic) bond motifs is 1. The zero-order chi connectivity index (χ0) is 14.9. The summed E-state index contributed by atoms with van der Waals surface area (Å²) < 4.78 is 0. The van der Waals surface area contributed by atoms with Crippen LogP contribution in [-0.2, 0) is 0 Å². The van der Waals surface area contributed by atoms with Crippen molar-refractivity contribution in [3.05, 3.63) is 65.9 Å². The fourth-order valence-corrected chi connectivity index (χ4v) is 2.88. The Balaban J connectivity index is 2.17. The zero-order valence-corrected chi connectivity index (χ0v) is 12.2. The highest BCUT2D eigenvalue weighted by Gasteiger charge is 2.32. The molecule has 1 atom stereocenters. The monoisotopic (exact) mass is 275 g/mol. The van der Waals surface area contributed by atoms with Gasteiger partial charge in [0.1, 0.15) is 0 Å². The van der Waals surface area contributed by atoms with Crippen LogP contribution < -0.4 is 0 Å². The molecule has 3 aromatic rings. The van der Waals surface area contributed by atoms with Crippen molar-refractivity contribution in [2.45, 2.75) is 19.8 Å². The summed E-state index contributed by atoms with van der Waals surface area (Å²) in [5, 5.41) is 17.7. The first-order chi connectivity index (χ1) is 10.1. The SMILES string of the molecule is CC(C)(C#N)C(c1ccccc1)c1ccc2[nH]ncc2c1. The highest BCUT2D eigenvalue weighted by molar-refractivity contribution is 5.78. The lowest BCUT2D eigenvalue weighted by Crippen LogP contribution is -2.21. The number of hydrogen-bond donors (Lipinski definition) is 1. The first-order valence-electron chi connectivity index (χ1n) is 7.01. The Labute approximate surface area is 124 Å². The van der Waals surface area contributed by atoms with Crippen LogP contribution in [0, 0.1) is 16.7 Å². The third kappa shape index (κ3) is 2.41. The van der Waals surface area contributed by atoms with Crippen LogP contribution in [0.1, 0.15) is 30.9 Å².